The Hall–Kier alpha value is -2.23. The molecule has 20 heavy (non-hydrogen) atoms. The Balaban J connectivity index is 2.02. The summed E-state index contributed by atoms with van der Waals surface area (Å²) < 4.78 is 11.0. The Kier molecular flexibility index (Phi) is 4.82. The van der Waals surface area contributed by atoms with E-state index in [4.69, 9.17) is 9.15 Å². The van der Waals surface area contributed by atoms with Gasteiger partial charge < -0.3 is 14.1 Å². The normalized spacial score (nSPS) is 10.3. The van der Waals surface area contributed by atoms with Gasteiger partial charge in [0.2, 0.25) is 0 Å². The fraction of sp³-hybridized carbons (Fsp3) is 0.312. The molecule has 0 atom stereocenters. The van der Waals surface area contributed by atoms with Gasteiger partial charge in [0.15, 0.2) is 12.0 Å². The summed E-state index contributed by atoms with van der Waals surface area (Å²) in [5, 5.41) is 0. The lowest BCUT2D eigenvalue weighted by molar-refractivity contribution is 0.109. The van der Waals surface area contributed by atoms with Crippen LogP contribution in [0.25, 0.3) is 0 Å². The summed E-state index contributed by atoms with van der Waals surface area (Å²) in [7, 11) is 0. The molecule has 0 fully saturated rings. The van der Waals surface area contributed by atoms with Crippen molar-refractivity contribution in [3.63, 3.8) is 0 Å². The molecular formula is C16H19NO3. The Morgan fingerprint density at radius 1 is 1.20 bits per heavy atom. The van der Waals surface area contributed by atoms with Crippen molar-refractivity contribution in [2.75, 3.05) is 18.0 Å². The van der Waals surface area contributed by atoms with Gasteiger partial charge in [0.25, 0.3) is 0 Å². The lowest BCUT2D eigenvalue weighted by atomic mass is 10.2. The summed E-state index contributed by atoms with van der Waals surface area (Å²) in [6, 6.07) is 11.3. The third-order valence-corrected chi connectivity index (χ3v) is 3.13. The van der Waals surface area contributed by atoms with Gasteiger partial charge in [0.1, 0.15) is 18.1 Å². The Labute approximate surface area is 119 Å². The zero-order valence-electron chi connectivity index (χ0n) is 11.8. The summed E-state index contributed by atoms with van der Waals surface area (Å²) in [5.41, 5.74) is 1.14. The first kappa shape index (κ1) is 14.2. The highest BCUT2D eigenvalue weighted by Gasteiger charge is 2.05. The Morgan fingerprint density at radius 2 is 2.00 bits per heavy atom. The smallest absolute Gasteiger partial charge is 0.185 e. The van der Waals surface area contributed by atoms with E-state index in [-0.39, 0.29) is 0 Å². The molecule has 4 heteroatoms. The van der Waals surface area contributed by atoms with Gasteiger partial charge >= 0.3 is 0 Å². The third kappa shape index (κ3) is 3.41. The van der Waals surface area contributed by atoms with Gasteiger partial charge in [-0.15, -0.1) is 0 Å². The van der Waals surface area contributed by atoms with Gasteiger partial charge in [0.05, 0.1) is 0 Å². The number of carbonyl (C=O) groups is 1. The number of anilines is 1. The number of carbonyl (C=O) groups excluding carboxylic acids is 1. The molecule has 0 radical (unpaired) electrons. The summed E-state index contributed by atoms with van der Waals surface area (Å²) >= 11 is 0. The summed E-state index contributed by atoms with van der Waals surface area (Å²) in [5.74, 6) is 1.75. The van der Waals surface area contributed by atoms with E-state index in [1.54, 1.807) is 12.1 Å². The number of hydrogen-bond acceptors (Lipinski definition) is 4. The topological polar surface area (TPSA) is 42.7 Å². The maximum atomic E-state index is 10.5. The average molecular weight is 273 g/mol. The second-order valence-electron chi connectivity index (χ2n) is 4.38. The lowest BCUT2D eigenvalue weighted by Crippen LogP contribution is -2.21. The van der Waals surface area contributed by atoms with Gasteiger partial charge in [-0.05, 0) is 38.1 Å². The maximum absolute atomic E-state index is 10.5. The van der Waals surface area contributed by atoms with Crippen LogP contribution in [0.1, 0.15) is 30.2 Å². The van der Waals surface area contributed by atoms with Crippen molar-refractivity contribution < 1.29 is 13.9 Å². The monoisotopic (exact) mass is 273 g/mol. The van der Waals surface area contributed by atoms with Gasteiger partial charge in [-0.2, -0.15) is 0 Å². The predicted octanol–water partition coefficient (Wildman–Crippen LogP) is 3.52. The first-order chi connectivity index (χ1) is 9.76. The molecule has 2 rings (SSSR count). The molecule has 0 saturated heterocycles. The molecule has 0 aliphatic carbocycles. The van der Waals surface area contributed by atoms with E-state index in [2.05, 4.69) is 24.8 Å². The first-order valence-electron chi connectivity index (χ1n) is 6.78. The standard InChI is InChI=1S/C16H19NO3/c1-3-17(4-2)13-6-5-7-14(10-13)19-12-16-9-8-15(11-18)20-16/h5-11H,3-4,12H2,1-2H3. The van der Waals surface area contributed by atoms with Gasteiger partial charge in [-0.1, -0.05) is 6.07 Å². The van der Waals surface area contributed by atoms with E-state index in [0.717, 1.165) is 24.5 Å². The quantitative estimate of drug-likeness (QED) is 0.724. The van der Waals surface area contributed by atoms with Crippen molar-refractivity contribution >= 4 is 12.0 Å². The van der Waals surface area contributed by atoms with Crippen LogP contribution < -0.4 is 9.64 Å². The zero-order chi connectivity index (χ0) is 14.4. The SMILES string of the molecule is CCN(CC)c1cccc(OCc2ccc(C=O)o2)c1. The third-order valence-electron chi connectivity index (χ3n) is 3.13. The van der Waals surface area contributed by atoms with Gasteiger partial charge in [-0.25, -0.2) is 0 Å². The van der Waals surface area contributed by atoms with Crippen molar-refractivity contribution in [1.29, 1.82) is 0 Å². The van der Waals surface area contributed by atoms with E-state index in [1.807, 2.05) is 18.2 Å². The number of benzene rings is 1. The minimum Gasteiger partial charge on any atom is -0.486 e. The molecule has 0 bridgehead atoms. The van der Waals surface area contributed by atoms with Gasteiger partial charge in [0, 0.05) is 24.8 Å². The number of hydrogen-bond donors (Lipinski definition) is 0. The molecule has 1 heterocycles. The Bertz CT molecular complexity index is 558. The van der Waals surface area contributed by atoms with Crippen LogP contribution in [0, 0.1) is 0 Å². The number of aldehydes is 1. The second-order valence-corrected chi connectivity index (χ2v) is 4.38. The van der Waals surface area contributed by atoms with E-state index in [1.165, 1.54) is 0 Å². The van der Waals surface area contributed by atoms with Crippen molar-refractivity contribution in [1.82, 2.24) is 0 Å². The van der Waals surface area contributed by atoms with Crippen LogP contribution in [0.3, 0.4) is 0 Å². The number of furan rings is 1. The molecule has 0 N–H and O–H groups in total. The molecular weight excluding hydrogens is 254 g/mol. The summed E-state index contributed by atoms with van der Waals surface area (Å²) in [6.07, 6.45) is 0.685. The van der Waals surface area contributed by atoms with Crippen LogP contribution in [0.2, 0.25) is 0 Å². The molecule has 2 aromatic rings. The van der Waals surface area contributed by atoms with E-state index >= 15 is 0 Å². The highest BCUT2D eigenvalue weighted by atomic mass is 16.5. The van der Waals surface area contributed by atoms with Crippen LogP contribution in [0.15, 0.2) is 40.8 Å². The lowest BCUT2D eigenvalue weighted by Gasteiger charge is -2.21. The van der Waals surface area contributed by atoms with Crippen LogP contribution in [0.5, 0.6) is 5.75 Å². The van der Waals surface area contributed by atoms with Crippen LogP contribution in [-0.4, -0.2) is 19.4 Å². The number of ether oxygens (including phenoxy) is 1. The molecule has 0 spiro atoms. The van der Waals surface area contributed by atoms with Crippen molar-refractivity contribution in [3.8, 4) is 5.75 Å². The number of nitrogens with zero attached hydrogens (tertiary/aromatic N) is 1. The van der Waals surface area contributed by atoms with Crippen molar-refractivity contribution in [2.24, 2.45) is 0 Å². The maximum Gasteiger partial charge on any atom is 0.185 e. The van der Waals surface area contributed by atoms with E-state index in [0.29, 0.717) is 24.4 Å². The van der Waals surface area contributed by atoms with Crippen LogP contribution in [-0.2, 0) is 6.61 Å². The summed E-state index contributed by atoms with van der Waals surface area (Å²) in [6.45, 7) is 6.48. The molecule has 4 nitrogen and oxygen atoms in total. The predicted molar refractivity (Wildman–Crippen MR) is 78.4 cm³/mol. The molecule has 0 aliphatic heterocycles. The van der Waals surface area contributed by atoms with Crippen molar-refractivity contribution in [3.05, 3.63) is 47.9 Å². The summed E-state index contributed by atoms with van der Waals surface area (Å²) in [4.78, 5) is 12.8. The molecule has 0 unspecified atom stereocenters. The largest absolute Gasteiger partial charge is 0.486 e. The molecule has 0 aliphatic rings. The van der Waals surface area contributed by atoms with Crippen molar-refractivity contribution in [2.45, 2.75) is 20.5 Å². The number of rotatable bonds is 7. The zero-order valence-corrected chi connectivity index (χ0v) is 11.8. The molecule has 1 aromatic carbocycles. The van der Waals surface area contributed by atoms with E-state index in [9.17, 15) is 4.79 Å². The van der Waals surface area contributed by atoms with Crippen LogP contribution >= 0.6 is 0 Å². The second kappa shape index (κ2) is 6.80. The fourth-order valence-corrected chi connectivity index (χ4v) is 2.05. The molecule has 1 aromatic heterocycles. The van der Waals surface area contributed by atoms with Gasteiger partial charge in [-0.3, -0.25) is 4.79 Å². The van der Waals surface area contributed by atoms with E-state index < -0.39 is 0 Å². The Morgan fingerprint density at radius 3 is 2.65 bits per heavy atom. The molecule has 106 valence electrons. The molecule has 0 saturated carbocycles. The minimum atomic E-state index is 0.315. The fourth-order valence-electron chi connectivity index (χ4n) is 2.05. The average Bonchev–Trinajstić information content (AvgIpc) is 2.95. The highest BCUT2D eigenvalue weighted by molar-refractivity contribution is 5.70. The van der Waals surface area contributed by atoms with Crippen LogP contribution in [0.4, 0.5) is 5.69 Å². The highest BCUT2D eigenvalue weighted by Crippen LogP contribution is 2.22. The minimum absolute atomic E-state index is 0.315. The molecule has 0 amide bonds. The first-order valence-corrected chi connectivity index (χ1v) is 6.78.